The van der Waals surface area contributed by atoms with E-state index in [0.717, 1.165) is 29.1 Å². The SMILES string of the molecule is Cc1csc(-c2cccc(S(=O)(=O)NCC(N)C3CC3)c2)n1.Cl. The number of nitrogens with two attached hydrogens (primary N) is 1. The van der Waals surface area contributed by atoms with Crippen LogP contribution in [-0.2, 0) is 10.0 Å². The Hall–Kier alpha value is -0.990. The van der Waals surface area contributed by atoms with Crippen molar-refractivity contribution in [3.63, 3.8) is 0 Å². The van der Waals surface area contributed by atoms with E-state index in [1.165, 1.54) is 11.3 Å². The molecular formula is C15H20ClN3O2S2. The van der Waals surface area contributed by atoms with Crippen molar-refractivity contribution in [1.82, 2.24) is 9.71 Å². The zero-order valence-corrected chi connectivity index (χ0v) is 15.2. The molecular weight excluding hydrogens is 354 g/mol. The van der Waals surface area contributed by atoms with E-state index in [-0.39, 0.29) is 29.9 Å². The van der Waals surface area contributed by atoms with Gasteiger partial charge in [-0.2, -0.15) is 0 Å². The summed E-state index contributed by atoms with van der Waals surface area (Å²) >= 11 is 1.51. The Labute approximate surface area is 146 Å². The van der Waals surface area contributed by atoms with E-state index in [0.29, 0.717) is 5.92 Å². The summed E-state index contributed by atoms with van der Waals surface area (Å²) in [6.45, 7) is 2.20. The summed E-state index contributed by atoms with van der Waals surface area (Å²) in [5.74, 6) is 0.465. The van der Waals surface area contributed by atoms with Crippen LogP contribution in [0.15, 0.2) is 34.5 Å². The molecule has 0 radical (unpaired) electrons. The molecule has 1 saturated carbocycles. The van der Waals surface area contributed by atoms with E-state index >= 15 is 0 Å². The van der Waals surface area contributed by atoms with Gasteiger partial charge in [0.1, 0.15) is 5.01 Å². The first kappa shape index (κ1) is 18.4. The van der Waals surface area contributed by atoms with Crippen molar-refractivity contribution >= 4 is 33.8 Å². The Morgan fingerprint density at radius 1 is 1.43 bits per heavy atom. The van der Waals surface area contributed by atoms with Gasteiger partial charge in [0.25, 0.3) is 0 Å². The maximum absolute atomic E-state index is 12.4. The summed E-state index contributed by atoms with van der Waals surface area (Å²) in [6, 6.07) is 6.76. The normalized spacial score (nSPS) is 15.9. The van der Waals surface area contributed by atoms with Crippen LogP contribution in [0, 0.1) is 12.8 Å². The molecule has 2 aromatic rings. The average molecular weight is 374 g/mol. The van der Waals surface area contributed by atoms with Gasteiger partial charge in [-0.1, -0.05) is 12.1 Å². The first-order valence-electron chi connectivity index (χ1n) is 7.23. The van der Waals surface area contributed by atoms with Crippen molar-refractivity contribution in [2.75, 3.05) is 6.54 Å². The largest absolute Gasteiger partial charge is 0.326 e. The van der Waals surface area contributed by atoms with Crippen molar-refractivity contribution in [1.29, 1.82) is 0 Å². The van der Waals surface area contributed by atoms with Gasteiger partial charge in [-0.05, 0) is 37.8 Å². The Balaban J connectivity index is 0.00000192. The van der Waals surface area contributed by atoms with Crippen molar-refractivity contribution < 1.29 is 8.42 Å². The number of nitrogens with zero attached hydrogens (tertiary/aromatic N) is 1. The lowest BCUT2D eigenvalue weighted by Gasteiger charge is -2.12. The maximum Gasteiger partial charge on any atom is 0.240 e. The van der Waals surface area contributed by atoms with E-state index in [1.54, 1.807) is 18.2 Å². The second-order valence-corrected chi connectivity index (χ2v) is 8.30. The predicted octanol–water partition coefficient (Wildman–Crippen LogP) is 2.56. The quantitative estimate of drug-likeness (QED) is 0.814. The third kappa shape index (κ3) is 4.51. The van der Waals surface area contributed by atoms with Crippen molar-refractivity contribution in [3.05, 3.63) is 35.3 Å². The van der Waals surface area contributed by atoms with E-state index in [1.807, 2.05) is 18.4 Å². The van der Waals surface area contributed by atoms with Crippen LogP contribution in [0.2, 0.25) is 0 Å². The lowest BCUT2D eigenvalue weighted by atomic mass is 10.2. The highest BCUT2D eigenvalue weighted by atomic mass is 35.5. The zero-order valence-electron chi connectivity index (χ0n) is 12.7. The average Bonchev–Trinajstić information content (AvgIpc) is 3.27. The molecule has 126 valence electrons. The highest BCUT2D eigenvalue weighted by Crippen LogP contribution is 2.31. The van der Waals surface area contributed by atoms with E-state index in [9.17, 15) is 8.42 Å². The number of nitrogens with one attached hydrogen (secondary N) is 1. The molecule has 0 aliphatic heterocycles. The second kappa shape index (κ2) is 7.27. The molecule has 1 aliphatic rings. The minimum absolute atomic E-state index is 0. The number of aromatic nitrogens is 1. The number of hydrogen-bond acceptors (Lipinski definition) is 5. The minimum Gasteiger partial charge on any atom is -0.326 e. The number of rotatable bonds is 6. The molecule has 3 rings (SSSR count). The molecule has 1 heterocycles. The second-order valence-electron chi connectivity index (χ2n) is 5.68. The van der Waals surface area contributed by atoms with Gasteiger partial charge in [0, 0.05) is 29.2 Å². The molecule has 0 bridgehead atoms. The third-order valence-corrected chi connectivity index (χ3v) is 6.18. The number of sulfonamides is 1. The minimum atomic E-state index is -3.54. The fraction of sp³-hybridized carbons (Fsp3) is 0.400. The van der Waals surface area contributed by atoms with Gasteiger partial charge in [0.15, 0.2) is 0 Å². The Kier molecular flexibility index (Phi) is 5.80. The Morgan fingerprint density at radius 3 is 2.78 bits per heavy atom. The number of benzene rings is 1. The summed E-state index contributed by atoms with van der Waals surface area (Å²) < 4.78 is 27.4. The number of thiazole rings is 1. The number of halogens is 1. The predicted molar refractivity (Wildman–Crippen MR) is 95.4 cm³/mol. The first-order chi connectivity index (χ1) is 10.5. The highest BCUT2D eigenvalue weighted by Gasteiger charge is 2.29. The van der Waals surface area contributed by atoms with Crippen molar-refractivity contribution in [2.45, 2.75) is 30.7 Å². The van der Waals surface area contributed by atoms with Crippen LogP contribution < -0.4 is 10.5 Å². The van der Waals surface area contributed by atoms with Gasteiger partial charge < -0.3 is 5.73 Å². The van der Waals surface area contributed by atoms with E-state index < -0.39 is 10.0 Å². The molecule has 1 unspecified atom stereocenters. The number of hydrogen-bond donors (Lipinski definition) is 2. The van der Waals surface area contributed by atoms with Crippen molar-refractivity contribution in [2.24, 2.45) is 11.7 Å². The lowest BCUT2D eigenvalue weighted by molar-refractivity contribution is 0.548. The third-order valence-electron chi connectivity index (χ3n) is 3.75. The topological polar surface area (TPSA) is 85.1 Å². The zero-order chi connectivity index (χ0) is 15.7. The highest BCUT2D eigenvalue weighted by molar-refractivity contribution is 7.89. The first-order valence-corrected chi connectivity index (χ1v) is 9.60. The summed E-state index contributed by atoms with van der Waals surface area (Å²) in [5.41, 5.74) is 7.70. The molecule has 3 N–H and O–H groups in total. The van der Waals surface area contributed by atoms with E-state index in [2.05, 4.69) is 9.71 Å². The molecule has 23 heavy (non-hydrogen) atoms. The van der Waals surface area contributed by atoms with Gasteiger partial charge in [-0.3, -0.25) is 0 Å². The molecule has 0 saturated heterocycles. The fourth-order valence-corrected chi connectivity index (χ4v) is 4.18. The summed E-state index contributed by atoms with van der Waals surface area (Å²) in [5, 5.41) is 2.77. The molecule has 8 heteroatoms. The number of aryl methyl sites for hydroxylation is 1. The molecule has 5 nitrogen and oxygen atoms in total. The van der Waals surface area contributed by atoms with Gasteiger partial charge in [-0.25, -0.2) is 18.1 Å². The monoisotopic (exact) mass is 373 g/mol. The smallest absolute Gasteiger partial charge is 0.240 e. The van der Waals surface area contributed by atoms with Gasteiger partial charge in [0.05, 0.1) is 4.90 Å². The molecule has 1 aromatic carbocycles. The van der Waals surface area contributed by atoms with Crippen LogP contribution in [0.3, 0.4) is 0 Å². The Morgan fingerprint density at radius 2 is 2.17 bits per heavy atom. The summed E-state index contributed by atoms with van der Waals surface area (Å²) in [4.78, 5) is 4.64. The standard InChI is InChI=1S/C15H19N3O2S2.ClH/c1-10-9-21-15(18-10)12-3-2-4-13(7-12)22(19,20)17-8-14(16)11-5-6-11;/h2-4,7,9,11,14,17H,5-6,8,16H2,1H3;1H. The van der Waals surface area contributed by atoms with Crippen LogP contribution in [0.1, 0.15) is 18.5 Å². The molecule has 0 amide bonds. The molecule has 1 aliphatic carbocycles. The fourth-order valence-electron chi connectivity index (χ4n) is 2.26. The van der Waals surface area contributed by atoms with Crippen LogP contribution >= 0.6 is 23.7 Å². The van der Waals surface area contributed by atoms with Gasteiger partial charge in [0.2, 0.25) is 10.0 Å². The molecule has 1 atom stereocenters. The van der Waals surface area contributed by atoms with Crippen LogP contribution in [0.4, 0.5) is 0 Å². The van der Waals surface area contributed by atoms with Gasteiger partial charge in [-0.15, -0.1) is 23.7 Å². The maximum atomic E-state index is 12.4. The van der Waals surface area contributed by atoms with E-state index in [4.69, 9.17) is 5.73 Å². The molecule has 1 fully saturated rings. The van der Waals surface area contributed by atoms with Crippen molar-refractivity contribution in [3.8, 4) is 10.6 Å². The molecule has 0 spiro atoms. The summed E-state index contributed by atoms with van der Waals surface area (Å²) in [7, 11) is -3.54. The van der Waals surface area contributed by atoms with Crippen LogP contribution in [-0.4, -0.2) is 26.0 Å². The summed E-state index contributed by atoms with van der Waals surface area (Å²) in [6.07, 6.45) is 2.20. The Bertz CT molecular complexity index is 773. The van der Waals surface area contributed by atoms with Crippen LogP contribution in [0.25, 0.3) is 10.6 Å². The lowest BCUT2D eigenvalue weighted by Crippen LogP contribution is -2.38. The van der Waals surface area contributed by atoms with Gasteiger partial charge >= 0.3 is 0 Å². The van der Waals surface area contributed by atoms with Crippen LogP contribution in [0.5, 0.6) is 0 Å². The molecule has 1 aromatic heterocycles.